The van der Waals surface area contributed by atoms with Crippen molar-refractivity contribution in [3.63, 3.8) is 0 Å². The highest BCUT2D eigenvalue weighted by Crippen LogP contribution is 2.10. The molecule has 0 saturated heterocycles. The van der Waals surface area contributed by atoms with Crippen LogP contribution in [0.1, 0.15) is 37.4 Å². The second-order valence-electron chi connectivity index (χ2n) is 4.71. The van der Waals surface area contributed by atoms with Crippen LogP contribution in [0, 0.1) is 0 Å². The zero-order valence-corrected chi connectivity index (χ0v) is 11.3. The van der Waals surface area contributed by atoms with Crippen molar-refractivity contribution in [1.29, 1.82) is 0 Å². The number of rotatable bonds is 3. The number of ether oxygens (including phenoxy) is 1. The zero-order valence-electron chi connectivity index (χ0n) is 10.4. The van der Waals surface area contributed by atoms with E-state index in [1.54, 1.807) is 39.8 Å². The van der Waals surface area contributed by atoms with E-state index in [-0.39, 0.29) is 5.91 Å². The summed E-state index contributed by atoms with van der Waals surface area (Å²) in [6.45, 7) is 6.98. The minimum atomic E-state index is -0.649. The number of hydrogen-bond acceptors (Lipinski definition) is 4. The van der Waals surface area contributed by atoms with Gasteiger partial charge in [-0.2, -0.15) is 0 Å². The molecule has 0 aromatic carbocycles. The second-order valence-corrected chi connectivity index (χ2v) is 5.65. The summed E-state index contributed by atoms with van der Waals surface area (Å²) in [6.07, 6.45) is 0. The fourth-order valence-corrected chi connectivity index (χ4v) is 1.75. The molecule has 0 aliphatic carbocycles. The van der Waals surface area contributed by atoms with E-state index < -0.39 is 17.6 Å². The lowest BCUT2D eigenvalue weighted by molar-refractivity contribution is -0.156. The zero-order chi connectivity index (χ0) is 13.1. The highest BCUT2D eigenvalue weighted by molar-refractivity contribution is 7.12. The van der Waals surface area contributed by atoms with Gasteiger partial charge in [0.05, 0.1) is 4.88 Å². The van der Waals surface area contributed by atoms with Gasteiger partial charge in [-0.05, 0) is 39.1 Å². The fourth-order valence-electron chi connectivity index (χ4n) is 1.12. The molecule has 1 atom stereocenters. The van der Waals surface area contributed by atoms with Gasteiger partial charge in [0.2, 0.25) is 0 Å². The van der Waals surface area contributed by atoms with E-state index in [0.29, 0.717) is 4.88 Å². The van der Waals surface area contributed by atoms with E-state index in [9.17, 15) is 9.59 Å². The molecule has 5 heteroatoms. The first-order valence-corrected chi connectivity index (χ1v) is 6.25. The highest BCUT2D eigenvalue weighted by atomic mass is 32.1. The summed E-state index contributed by atoms with van der Waals surface area (Å²) < 4.78 is 5.17. The van der Waals surface area contributed by atoms with E-state index in [1.807, 2.05) is 5.38 Å². The van der Waals surface area contributed by atoms with Gasteiger partial charge in [-0.3, -0.25) is 4.79 Å². The lowest BCUT2D eigenvalue weighted by Crippen LogP contribution is -2.41. The molecule has 1 N–H and O–H groups in total. The van der Waals surface area contributed by atoms with Crippen LogP contribution in [0.5, 0.6) is 0 Å². The Morgan fingerprint density at radius 1 is 1.41 bits per heavy atom. The van der Waals surface area contributed by atoms with Gasteiger partial charge in [0.15, 0.2) is 0 Å². The predicted octanol–water partition coefficient (Wildman–Crippen LogP) is 2.21. The van der Waals surface area contributed by atoms with Crippen molar-refractivity contribution >= 4 is 23.2 Å². The van der Waals surface area contributed by atoms with Crippen LogP contribution < -0.4 is 5.32 Å². The molecule has 0 saturated carbocycles. The molecule has 0 radical (unpaired) electrons. The van der Waals surface area contributed by atoms with Crippen LogP contribution in [0.4, 0.5) is 0 Å². The van der Waals surface area contributed by atoms with Crippen molar-refractivity contribution < 1.29 is 14.3 Å². The van der Waals surface area contributed by atoms with Gasteiger partial charge < -0.3 is 10.1 Å². The molecule has 1 aromatic rings. The molecule has 0 unspecified atom stereocenters. The number of hydrogen-bond donors (Lipinski definition) is 1. The summed E-state index contributed by atoms with van der Waals surface area (Å²) in [4.78, 5) is 23.9. The average Bonchev–Trinajstić information content (AvgIpc) is 2.67. The Hall–Kier alpha value is -1.36. The summed E-state index contributed by atoms with van der Waals surface area (Å²) in [6, 6.07) is 2.85. The van der Waals surface area contributed by atoms with Gasteiger partial charge in [-0.1, -0.05) is 6.07 Å². The van der Waals surface area contributed by atoms with Crippen LogP contribution in [0.3, 0.4) is 0 Å². The number of thiophene rings is 1. The lowest BCUT2D eigenvalue weighted by Gasteiger charge is -2.22. The Balaban J connectivity index is 2.52. The van der Waals surface area contributed by atoms with Crippen molar-refractivity contribution in [3.8, 4) is 0 Å². The van der Waals surface area contributed by atoms with E-state index >= 15 is 0 Å². The van der Waals surface area contributed by atoms with Gasteiger partial charge in [-0.15, -0.1) is 11.3 Å². The monoisotopic (exact) mass is 255 g/mol. The third kappa shape index (κ3) is 4.56. The van der Waals surface area contributed by atoms with Crippen LogP contribution in [-0.4, -0.2) is 23.5 Å². The van der Waals surface area contributed by atoms with Gasteiger partial charge in [0, 0.05) is 0 Å². The number of carbonyl (C=O) groups is 2. The first-order valence-electron chi connectivity index (χ1n) is 5.37. The molecule has 4 nitrogen and oxygen atoms in total. The van der Waals surface area contributed by atoms with E-state index in [0.717, 1.165) is 0 Å². The normalized spacial score (nSPS) is 12.9. The molecule has 0 spiro atoms. The van der Waals surface area contributed by atoms with Crippen molar-refractivity contribution in [3.05, 3.63) is 22.4 Å². The number of nitrogens with one attached hydrogen (secondary N) is 1. The molecule has 0 aliphatic rings. The van der Waals surface area contributed by atoms with Crippen LogP contribution in [-0.2, 0) is 9.53 Å². The lowest BCUT2D eigenvalue weighted by atomic mass is 10.2. The van der Waals surface area contributed by atoms with E-state index in [2.05, 4.69) is 5.32 Å². The first-order chi connectivity index (χ1) is 7.79. The third-order valence-corrected chi connectivity index (χ3v) is 2.72. The molecule has 94 valence electrons. The molecule has 1 rings (SSSR count). The maximum Gasteiger partial charge on any atom is 0.328 e. The average molecular weight is 255 g/mol. The Kier molecular flexibility index (Phi) is 4.28. The molecule has 0 fully saturated rings. The number of esters is 1. The van der Waals surface area contributed by atoms with E-state index in [1.165, 1.54) is 11.3 Å². The van der Waals surface area contributed by atoms with Gasteiger partial charge in [0.1, 0.15) is 11.6 Å². The molecular formula is C12H17NO3S. The largest absolute Gasteiger partial charge is 0.458 e. The number of carbonyl (C=O) groups excluding carboxylic acids is 2. The second kappa shape index (κ2) is 5.31. The number of amides is 1. The summed E-state index contributed by atoms with van der Waals surface area (Å²) in [5.41, 5.74) is -0.543. The summed E-state index contributed by atoms with van der Waals surface area (Å²) in [5.74, 6) is -0.680. The minimum Gasteiger partial charge on any atom is -0.458 e. The molecule has 0 bridgehead atoms. The molecule has 0 aliphatic heterocycles. The smallest absolute Gasteiger partial charge is 0.328 e. The highest BCUT2D eigenvalue weighted by Gasteiger charge is 2.23. The van der Waals surface area contributed by atoms with E-state index in [4.69, 9.17) is 4.74 Å². The Labute approximate surface area is 105 Å². The Morgan fingerprint density at radius 2 is 2.06 bits per heavy atom. The molecule has 1 heterocycles. The first kappa shape index (κ1) is 13.7. The maximum atomic E-state index is 11.7. The summed E-state index contributed by atoms with van der Waals surface area (Å²) in [5, 5.41) is 4.41. The molecular weight excluding hydrogens is 238 g/mol. The van der Waals surface area contributed by atoms with Crippen molar-refractivity contribution in [2.24, 2.45) is 0 Å². The Morgan fingerprint density at radius 3 is 2.53 bits per heavy atom. The predicted molar refractivity (Wildman–Crippen MR) is 67.1 cm³/mol. The third-order valence-electron chi connectivity index (χ3n) is 1.85. The summed E-state index contributed by atoms with van der Waals surface area (Å²) >= 11 is 1.33. The van der Waals surface area contributed by atoms with Crippen molar-refractivity contribution in [2.75, 3.05) is 0 Å². The van der Waals surface area contributed by atoms with Gasteiger partial charge >= 0.3 is 5.97 Å². The van der Waals surface area contributed by atoms with Crippen LogP contribution in [0.25, 0.3) is 0 Å². The fraction of sp³-hybridized carbons (Fsp3) is 0.500. The van der Waals surface area contributed by atoms with Crippen LogP contribution in [0.2, 0.25) is 0 Å². The topological polar surface area (TPSA) is 55.4 Å². The molecule has 1 aromatic heterocycles. The van der Waals surface area contributed by atoms with Crippen molar-refractivity contribution in [2.45, 2.75) is 39.3 Å². The van der Waals surface area contributed by atoms with Crippen molar-refractivity contribution in [1.82, 2.24) is 5.32 Å². The van der Waals surface area contributed by atoms with Gasteiger partial charge in [0.25, 0.3) is 5.91 Å². The minimum absolute atomic E-state index is 0.252. The quantitative estimate of drug-likeness (QED) is 0.842. The molecule has 17 heavy (non-hydrogen) atoms. The summed E-state index contributed by atoms with van der Waals surface area (Å²) in [7, 11) is 0. The maximum absolute atomic E-state index is 11.7. The van der Waals surface area contributed by atoms with Gasteiger partial charge in [-0.25, -0.2) is 4.79 Å². The van der Waals surface area contributed by atoms with Crippen LogP contribution >= 0.6 is 11.3 Å². The van der Waals surface area contributed by atoms with Crippen LogP contribution in [0.15, 0.2) is 17.5 Å². The molecule has 1 amide bonds. The Bertz CT molecular complexity index is 392. The standard InChI is InChI=1S/C12H17NO3S/c1-8(11(15)16-12(2,3)4)13-10(14)9-6-5-7-17-9/h5-8H,1-4H3,(H,13,14)/t8-/m0/s1. The SMILES string of the molecule is C[C@H](NC(=O)c1cccs1)C(=O)OC(C)(C)C.